The van der Waals surface area contributed by atoms with Crippen molar-refractivity contribution < 1.29 is 14.7 Å². The molecule has 0 spiro atoms. The van der Waals surface area contributed by atoms with Crippen molar-refractivity contribution in [2.75, 3.05) is 0 Å². The zero-order chi connectivity index (χ0) is 15.4. The summed E-state index contributed by atoms with van der Waals surface area (Å²) in [5.74, 6) is -1.09. The van der Waals surface area contributed by atoms with Crippen molar-refractivity contribution in [3.05, 3.63) is 35.7 Å². The first-order valence-electron chi connectivity index (χ1n) is 7.02. The van der Waals surface area contributed by atoms with Gasteiger partial charge in [-0.1, -0.05) is 19.9 Å². The lowest BCUT2D eigenvalue weighted by Crippen LogP contribution is -2.58. The van der Waals surface area contributed by atoms with Gasteiger partial charge in [0.2, 0.25) is 0 Å². The van der Waals surface area contributed by atoms with Crippen molar-refractivity contribution in [2.24, 2.45) is 5.41 Å². The largest absolute Gasteiger partial charge is 0.480 e. The van der Waals surface area contributed by atoms with Crippen LogP contribution < -0.4 is 0 Å². The van der Waals surface area contributed by atoms with Crippen molar-refractivity contribution >= 4 is 17.4 Å². The van der Waals surface area contributed by atoms with E-state index in [1.807, 2.05) is 39.0 Å². The molecule has 0 aliphatic carbocycles. The summed E-state index contributed by atoms with van der Waals surface area (Å²) in [6.45, 7) is 5.70. The fraction of sp³-hybridized carbons (Fsp3) is 0.438. The molecular weight excluding hydrogens is 268 g/mol. The molecule has 0 bridgehead atoms. The Labute approximate surface area is 123 Å². The Morgan fingerprint density at radius 3 is 2.71 bits per heavy atom. The molecule has 1 N–H and O–H groups in total. The Hall–Kier alpha value is -2.17. The summed E-state index contributed by atoms with van der Waals surface area (Å²) in [6.07, 6.45) is 2.37. The number of hydrogen-bond acceptors (Lipinski definition) is 3. The van der Waals surface area contributed by atoms with Gasteiger partial charge in [0.25, 0.3) is 5.91 Å². The molecular formula is C16H18N2O3. The van der Waals surface area contributed by atoms with Crippen molar-refractivity contribution in [1.29, 1.82) is 0 Å². The van der Waals surface area contributed by atoms with E-state index in [4.69, 9.17) is 0 Å². The third-order valence-corrected chi connectivity index (χ3v) is 4.56. The summed E-state index contributed by atoms with van der Waals surface area (Å²) in [4.78, 5) is 29.7. The highest BCUT2D eigenvalue weighted by atomic mass is 16.4. The van der Waals surface area contributed by atoms with Crippen LogP contribution in [0.1, 0.15) is 32.9 Å². The van der Waals surface area contributed by atoms with Crippen LogP contribution in [0.4, 0.5) is 0 Å². The van der Waals surface area contributed by atoms with E-state index in [2.05, 4.69) is 4.98 Å². The molecule has 5 heteroatoms. The van der Waals surface area contributed by atoms with Gasteiger partial charge >= 0.3 is 5.97 Å². The van der Waals surface area contributed by atoms with Gasteiger partial charge in [0.15, 0.2) is 0 Å². The van der Waals surface area contributed by atoms with Crippen LogP contribution in [0.15, 0.2) is 30.0 Å². The summed E-state index contributed by atoms with van der Waals surface area (Å²) in [5, 5.41) is 9.41. The summed E-state index contributed by atoms with van der Waals surface area (Å²) in [7, 11) is 0. The van der Waals surface area contributed by atoms with Crippen LogP contribution in [0.2, 0.25) is 0 Å². The Morgan fingerprint density at radius 1 is 1.43 bits per heavy atom. The first-order valence-corrected chi connectivity index (χ1v) is 7.02. The van der Waals surface area contributed by atoms with Gasteiger partial charge in [0, 0.05) is 11.8 Å². The highest BCUT2D eigenvalue weighted by molar-refractivity contribution is 6.10. The smallest absolute Gasteiger partial charge is 0.327 e. The van der Waals surface area contributed by atoms with Crippen LogP contribution in [0.3, 0.4) is 0 Å². The SMILES string of the molecule is C/C(=C1\C(=O)N2C1CC(C)(C)[C@@H]2C(=O)O)c1ccccn1. The second-order valence-corrected chi connectivity index (χ2v) is 6.42. The van der Waals surface area contributed by atoms with E-state index in [0.29, 0.717) is 12.0 Å². The van der Waals surface area contributed by atoms with E-state index in [9.17, 15) is 14.7 Å². The van der Waals surface area contributed by atoms with Gasteiger partial charge in [-0.3, -0.25) is 9.78 Å². The van der Waals surface area contributed by atoms with Crippen molar-refractivity contribution in [3.8, 4) is 0 Å². The maximum absolute atomic E-state index is 12.4. The van der Waals surface area contributed by atoms with Crippen LogP contribution in [-0.4, -0.2) is 39.0 Å². The predicted octanol–water partition coefficient (Wildman–Crippen LogP) is 1.95. The van der Waals surface area contributed by atoms with E-state index >= 15 is 0 Å². The second-order valence-electron chi connectivity index (χ2n) is 6.42. The first kappa shape index (κ1) is 13.8. The van der Waals surface area contributed by atoms with Crippen molar-refractivity contribution in [2.45, 2.75) is 39.3 Å². The molecule has 0 radical (unpaired) electrons. The van der Waals surface area contributed by atoms with Gasteiger partial charge in [-0.15, -0.1) is 0 Å². The minimum Gasteiger partial charge on any atom is -0.480 e. The Bertz CT molecular complexity index is 649. The quantitative estimate of drug-likeness (QED) is 0.666. The molecule has 5 nitrogen and oxygen atoms in total. The highest BCUT2D eigenvalue weighted by Gasteiger charge is 2.60. The van der Waals surface area contributed by atoms with Gasteiger partial charge in [0.1, 0.15) is 6.04 Å². The van der Waals surface area contributed by atoms with Gasteiger partial charge in [-0.25, -0.2) is 4.79 Å². The molecule has 21 heavy (non-hydrogen) atoms. The molecule has 0 saturated carbocycles. The molecule has 3 heterocycles. The van der Waals surface area contributed by atoms with Gasteiger partial charge < -0.3 is 10.0 Å². The van der Waals surface area contributed by atoms with Gasteiger partial charge in [0.05, 0.1) is 11.7 Å². The van der Waals surface area contributed by atoms with E-state index in [-0.39, 0.29) is 11.9 Å². The number of carboxylic acids is 1. The Kier molecular flexibility index (Phi) is 2.90. The number of hydrogen-bond donors (Lipinski definition) is 1. The number of amides is 1. The number of allylic oxidation sites excluding steroid dienone is 1. The fourth-order valence-corrected chi connectivity index (χ4v) is 3.57. The molecule has 1 aromatic heterocycles. The number of carbonyl (C=O) groups is 2. The lowest BCUT2D eigenvalue weighted by molar-refractivity contribution is -0.154. The standard InChI is InChI=1S/C16H18N2O3/c1-9(10-6-4-5-7-17-10)12-11-8-16(2,3)13(15(20)21)18(11)14(12)19/h4-7,11,13H,8H2,1-3H3,(H,20,21)/b12-9+/t11?,13-/m0/s1. The fourth-order valence-electron chi connectivity index (χ4n) is 3.57. The molecule has 2 fully saturated rings. The van der Waals surface area contributed by atoms with Gasteiger partial charge in [-0.05, 0) is 36.5 Å². The monoisotopic (exact) mass is 286 g/mol. The lowest BCUT2D eigenvalue weighted by atomic mass is 9.82. The highest BCUT2D eigenvalue weighted by Crippen LogP contribution is 2.50. The molecule has 110 valence electrons. The predicted molar refractivity (Wildman–Crippen MR) is 77.3 cm³/mol. The molecule has 2 saturated heterocycles. The number of carbonyl (C=O) groups excluding carboxylic acids is 1. The minimum absolute atomic E-state index is 0.101. The average Bonchev–Trinajstić information content (AvgIpc) is 2.68. The molecule has 1 unspecified atom stereocenters. The number of aliphatic carboxylic acids is 1. The van der Waals surface area contributed by atoms with Crippen LogP contribution in [0, 0.1) is 5.41 Å². The van der Waals surface area contributed by atoms with E-state index < -0.39 is 17.4 Å². The second kappa shape index (κ2) is 4.41. The summed E-state index contributed by atoms with van der Waals surface area (Å²) < 4.78 is 0. The summed E-state index contributed by atoms with van der Waals surface area (Å²) in [6, 6.07) is 4.74. The number of nitrogens with zero attached hydrogens (tertiary/aromatic N) is 2. The minimum atomic E-state index is -0.926. The van der Waals surface area contributed by atoms with Crippen molar-refractivity contribution in [3.63, 3.8) is 0 Å². The maximum atomic E-state index is 12.4. The average molecular weight is 286 g/mol. The zero-order valence-electron chi connectivity index (χ0n) is 12.3. The third kappa shape index (κ3) is 1.87. The van der Waals surface area contributed by atoms with E-state index in [1.54, 1.807) is 6.20 Å². The number of β-lactam (4-membered cyclic amide) rings is 1. The summed E-state index contributed by atoms with van der Waals surface area (Å²) >= 11 is 0. The van der Waals surface area contributed by atoms with E-state index in [1.165, 1.54) is 4.90 Å². The molecule has 1 aromatic rings. The molecule has 2 atom stereocenters. The number of aromatic nitrogens is 1. The molecule has 1 amide bonds. The molecule has 2 aliphatic rings. The van der Waals surface area contributed by atoms with Gasteiger partial charge in [-0.2, -0.15) is 0 Å². The normalized spacial score (nSPS) is 28.9. The number of pyridine rings is 1. The summed E-state index contributed by atoms with van der Waals surface area (Å²) in [5.41, 5.74) is 1.92. The Morgan fingerprint density at radius 2 is 2.14 bits per heavy atom. The van der Waals surface area contributed by atoms with Crippen LogP contribution >= 0.6 is 0 Å². The molecule has 3 rings (SSSR count). The van der Waals surface area contributed by atoms with E-state index in [0.717, 1.165) is 11.3 Å². The van der Waals surface area contributed by atoms with Crippen molar-refractivity contribution in [1.82, 2.24) is 9.88 Å². The molecule has 2 aliphatic heterocycles. The Balaban J connectivity index is 2.01. The lowest BCUT2D eigenvalue weighted by Gasteiger charge is -2.41. The zero-order valence-corrected chi connectivity index (χ0v) is 12.3. The number of carboxylic acid groups (broad SMARTS) is 1. The van der Waals surface area contributed by atoms with Crippen LogP contribution in [0.25, 0.3) is 5.57 Å². The maximum Gasteiger partial charge on any atom is 0.327 e. The third-order valence-electron chi connectivity index (χ3n) is 4.56. The molecule has 0 aromatic carbocycles. The van der Waals surface area contributed by atoms with Crippen LogP contribution in [-0.2, 0) is 9.59 Å². The number of fused-ring (bicyclic) bond motifs is 1. The first-order chi connectivity index (χ1) is 9.84. The number of rotatable bonds is 2. The van der Waals surface area contributed by atoms with Crippen LogP contribution in [0.5, 0.6) is 0 Å². The topological polar surface area (TPSA) is 70.5 Å².